The molecule has 140 valence electrons. The summed E-state index contributed by atoms with van der Waals surface area (Å²) in [7, 11) is 0. The molecule has 1 N–H and O–H groups in total. The van der Waals surface area contributed by atoms with E-state index in [1.165, 1.54) is 5.56 Å². The second kappa shape index (κ2) is 7.02. The van der Waals surface area contributed by atoms with Crippen LogP contribution >= 0.6 is 0 Å². The van der Waals surface area contributed by atoms with Crippen LogP contribution in [0.5, 0.6) is 0 Å². The van der Waals surface area contributed by atoms with Gasteiger partial charge in [-0.3, -0.25) is 9.89 Å². The van der Waals surface area contributed by atoms with Crippen molar-refractivity contribution in [1.29, 1.82) is 0 Å². The van der Waals surface area contributed by atoms with Gasteiger partial charge in [0.1, 0.15) is 0 Å². The molecule has 1 aromatic carbocycles. The van der Waals surface area contributed by atoms with Crippen LogP contribution in [0.15, 0.2) is 34.9 Å². The number of oxazole rings is 1. The number of hydrogen-bond donors (Lipinski definition) is 1. The average molecular weight is 364 g/mol. The van der Waals surface area contributed by atoms with Crippen LogP contribution in [0.3, 0.4) is 0 Å². The van der Waals surface area contributed by atoms with E-state index in [0.29, 0.717) is 23.9 Å². The number of hydrogen-bond acceptors (Lipinski definition) is 4. The number of nitrogens with zero attached hydrogens (tertiary/aromatic N) is 3. The highest BCUT2D eigenvalue weighted by Crippen LogP contribution is 2.33. The van der Waals surface area contributed by atoms with E-state index in [1.807, 2.05) is 18.0 Å². The number of H-pyrrole nitrogens is 1. The van der Waals surface area contributed by atoms with Crippen molar-refractivity contribution in [3.63, 3.8) is 0 Å². The first-order valence-electron chi connectivity index (χ1n) is 9.36. The lowest BCUT2D eigenvalue weighted by atomic mass is 9.90. The summed E-state index contributed by atoms with van der Waals surface area (Å²) in [6, 6.07) is 8.46. The third-order valence-corrected chi connectivity index (χ3v) is 5.25. The third-order valence-electron chi connectivity index (χ3n) is 5.25. The molecule has 0 aliphatic carbocycles. The van der Waals surface area contributed by atoms with E-state index in [2.05, 4.69) is 46.4 Å². The van der Waals surface area contributed by atoms with Gasteiger partial charge >= 0.3 is 0 Å². The van der Waals surface area contributed by atoms with Crippen molar-refractivity contribution in [2.45, 2.75) is 39.5 Å². The van der Waals surface area contributed by atoms with E-state index in [1.54, 1.807) is 6.92 Å². The molecule has 1 unspecified atom stereocenters. The molecule has 1 fully saturated rings. The Kier molecular flexibility index (Phi) is 4.56. The predicted octanol–water partition coefficient (Wildman–Crippen LogP) is 4.01. The first kappa shape index (κ1) is 17.5. The molecule has 0 radical (unpaired) electrons. The molecule has 6 heteroatoms. The maximum Gasteiger partial charge on any atom is 0.291 e. The number of amides is 1. The van der Waals surface area contributed by atoms with Crippen LogP contribution in [0.1, 0.15) is 52.2 Å². The number of benzene rings is 1. The zero-order valence-corrected chi connectivity index (χ0v) is 16.0. The summed E-state index contributed by atoms with van der Waals surface area (Å²) in [6.07, 6.45) is 3.86. The minimum atomic E-state index is -0.0748. The summed E-state index contributed by atoms with van der Waals surface area (Å²) >= 11 is 0. The van der Waals surface area contributed by atoms with Gasteiger partial charge in [0.05, 0.1) is 11.9 Å². The Morgan fingerprint density at radius 1 is 1.22 bits per heavy atom. The molecule has 3 aromatic rings. The van der Waals surface area contributed by atoms with Gasteiger partial charge < -0.3 is 9.32 Å². The number of aromatic nitrogens is 3. The third kappa shape index (κ3) is 3.39. The average Bonchev–Trinajstić information content (AvgIpc) is 3.28. The molecule has 1 aliphatic heterocycles. The smallest absolute Gasteiger partial charge is 0.291 e. The molecule has 3 heterocycles. The summed E-state index contributed by atoms with van der Waals surface area (Å²) in [4.78, 5) is 19.0. The Bertz CT molecular complexity index is 955. The number of likely N-dealkylation sites (tertiary alicyclic amines) is 1. The van der Waals surface area contributed by atoms with Crippen molar-refractivity contribution < 1.29 is 9.21 Å². The largest absolute Gasteiger partial charge is 0.436 e. The van der Waals surface area contributed by atoms with E-state index in [0.717, 1.165) is 36.2 Å². The fourth-order valence-electron chi connectivity index (χ4n) is 3.84. The molecule has 0 bridgehead atoms. The van der Waals surface area contributed by atoms with Crippen molar-refractivity contribution in [3.8, 4) is 11.1 Å². The van der Waals surface area contributed by atoms with Crippen LogP contribution in [0.2, 0.25) is 0 Å². The van der Waals surface area contributed by atoms with Gasteiger partial charge in [0.2, 0.25) is 5.76 Å². The maximum atomic E-state index is 12.9. The minimum absolute atomic E-state index is 0.0748. The van der Waals surface area contributed by atoms with Gasteiger partial charge in [0.25, 0.3) is 5.91 Å². The molecule has 0 spiro atoms. The van der Waals surface area contributed by atoms with Crippen molar-refractivity contribution in [3.05, 3.63) is 59.1 Å². The SMILES string of the molecule is Cc1ccc(-c2cn[nH]c2C2CCCN(C(=O)c3oc(C)nc3C)C2)cc1. The number of piperidine rings is 1. The number of carbonyl (C=O) groups excluding carboxylic acids is 1. The van der Waals surface area contributed by atoms with Crippen LogP contribution in [-0.2, 0) is 0 Å². The van der Waals surface area contributed by atoms with Gasteiger partial charge in [0, 0.05) is 37.2 Å². The Morgan fingerprint density at radius 2 is 2.00 bits per heavy atom. The van der Waals surface area contributed by atoms with Crippen LogP contribution in [0.25, 0.3) is 11.1 Å². The molecule has 1 saturated heterocycles. The van der Waals surface area contributed by atoms with Crippen molar-refractivity contribution in [2.75, 3.05) is 13.1 Å². The second-order valence-corrected chi connectivity index (χ2v) is 7.30. The molecule has 27 heavy (non-hydrogen) atoms. The molecule has 1 atom stereocenters. The van der Waals surface area contributed by atoms with Gasteiger partial charge in [-0.2, -0.15) is 5.10 Å². The Labute approximate surface area is 158 Å². The highest BCUT2D eigenvalue weighted by atomic mass is 16.4. The van der Waals surface area contributed by atoms with E-state index in [-0.39, 0.29) is 11.8 Å². The van der Waals surface area contributed by atoms with Crippen LogP contribution < -0.4 is 0 Å². The molecule has 1 amide bonds. The van der Waals surface area contributed by atoms with Crippen LogP contribution in [0.4, 0.5) is 0 Å². The van der Waals surface area contributed by atoms with E-state index >= 15 is 0 Å². The van der Waals surface area contributed by atoms with Gasteiger partial charge in [-0.25, -0.2) is 4.98 Å². The lowest BCUT2D eigenvalue weighted by molar-refractivity contribution is 0.0671. The summed E-state index contributed by atoms with van der Waals surface area (Å²) in [5.74, 6) is 1.04. The molecular weight excluding hydrogens is 340 g/mol. The van der Waals surface area contributed by atoms with Gasteiger partial charge in [-0.05, 0) is 32.3 Å². The fraction of sp³-hybridized carbons (Fsp3) is 0.381. The topological polar surface area (TPSA) is 75.0 Å². The first-order chi connectivity index (χ1) is 13.0. The summed E-state index contributed by atoms with van der Waals surface area (Å²) in [6.45, 7) is 7.05. The zero-order valence-electron chi connectivity index (χ0n) is 16.0. The standard InChI is InChI=1S/C21H24N4O2/c1-13-6-8-16(9-7-13)18-11-22-24-19(18)17-5-4-10-25(12-17)21(26)20-14(2)23-15(3)27-20/h6-9,11,17H,4-5,10,12H2,1-3H3,(H,22,24). The number of carbonyl (C=O) groups is 1. The highest BCUT2D eigenvalue weighted by molar-refractivity contribution is 5.92. The highest BCUT2D eigenvalue weighted by Gasteiger charge is 2.30. The maximum absolute atomic E-state index is 12.9. The number of nitrogens with one attached hydrogen (secondary N) is 1. The summed E-state index contributed by atoms with van der Waals surface area (Å²) in [5.41, 5.74) is 5.25. The Balaban J connectivity index is 1.57. The van der Waals surface area contributed by atoms with Gasteiger partial charge in [-0.15, -0.1) is 0 Å². The van der Waals surface area contributed by atoms with E-state index in [4.69, 9.17) is 4.42 Å². The number of rotatable bonds is 3. The molecule has 4 rings (SSSR count). The monoisotopic (exact) mass is 364 g/mol. The van der Waals surface area contributed by atoms with E-state index in [9.17, 15) is 4.79 Å². The first-order valence-corrected chi connectivity index (χ1v) is 9.36. The van der Waals surface area contributed by atoms with Crippen molar-refractivity contribution in [2.24, 2.45) is 0 Å². The van der Waals surface area contributed by atoms with E-state index < -0.39 is 0 Å². The Hall–Kier alpha value is -2.89. The Morgan fingerprint density at radius 3 is 2.70 bits per heavy atom. The normalized spacial score (nSPS) is 17.3. The van der Waals surface area contributed by atoms with Crippen molar-refractivity contribution in [1.82, 2.24) is 20.1 Å². The van der Waals surface area contributed by atoms with Crippen molar-refractivity contribution >= 4 is 5.91 Å². The lowest BCUT2D eigenvalue weighted by Gasteiger charge is -2.32. The molecule has 6 nitrogen and oxygen atoms in total. The minimum Gasteiger partial charge on any atom is -0.436 e. The molecular formula is C21H24N4O2. The fourth-order valence-corrected chi connectivity index (χ4v) is 3.84. The van der Waals surface area contributed by atoms with Gasteiger partial charge in [-0.1, -0.05) is 29.8 Å². The summed E-state index contributed by atoms with van der Waals surface area (Å²) in [5, 5.41) is 7.46. The lowest BCUT2D eigenvalue weighted by Crippen LogP contribution is -2.39. The van der Waals surface area contributed by atoms with Crippen LogP contribution in [-0.4, -0.2) is 39.1 Å². The zero-order chi connectivity index (χ0) is 19.0. The van der Waals surface area contributed by atoms with Gasteiger partial charge in [0.15, 0.2) is 5.89 Å². The molecule has 2 aromatic heterocycles. The summed E-state index contributed by atoms with van der Waals surface area (Å²) < 4.78 is 5.54. The number of aromatic amines is 1. The second-order valence-electron chi connectivity index (χ2n) is 7.30. The molecule has 1 aliphatic rings. The molecule has 0 saturated carbocycles. The quantitative estimate of drug-likeness (QED) is 0.762. The van der Waals surface area contributed by atoms with Crippen LogP contribution in [0, 0.1) is 20.8 Å². The number of aryl methyl sites for hydroxylation is 3. The predicted molar refractivity (Wildman–Crippen MR) is 103 cm³/mol.